The summed E-state index contributed by atoms with van der Waals surface area (Å²) in [6, 6.07) is 5.85. The van der Waals surface area contributed by atoms with E-state index in [4.69, 9.17) is 0 Å². The molecule has 0 aromatic heterocycles. The molecule has 1 fully saturated rings. The van der Waals surface area contributed by atoms with Crippen LogP contribution in [0, 0.1) is 19.8 Å². The fraction of sp³-hybridized carbons (Fsp3) is 0.533. The van der Waals surface area contributed by atoms with Crippen LogP contribution in [0.4, 0.5) is 0 Å². The van der Waals surface area contributed by atoms with E-state index in [0.717, 1.165) is 24.0 Å². The van der Waals surface area contributed by atoms with E-state index in [1.165, 1.54) is 0 Å². The second-order valence-electron chi connectivity index (χ2n) is 5.47. The lowest BCUT2D eigenvalue weighted by Crippen LogP contribution is -2.35. The lowest BCUT2D eigenvalue weighted by molar-refractivity contribution is 0.0645. The third-order valence-electron chi connectivity index (χ3n) is 3.44. The molecule has 0 spiro atoms. The number of aliphatic hydroxyl groups is 1. The van der Waals surface area contributed by atoms with Gasteiger partial charge in [-0.25, -0.2) is 0 Å². The summed E-state index contributed by atoms with van der Waals surface area (Å²) >= 11 is 0. The minimum absolute atomic E-state index is 0.0125. The third-order valence-corrected chi connectivity index (χ3v) is 3.44. The van der Waals surface area contributed by atoms with Gasteiger partial charge in [-0.1, -0.05) is 17.2 Å². The first-order valence-electron chi connectivity index (χ1n) is 6.49. The average molecular weight is 247 g/mol. The van der Waals surface area contributed by atoms with Gasteiger partial charge in [0.15, 0.2) is 0 Å². The van der Waals surface area contributed by atoms with Gasteiger partial charge in [0.05, 0.1) is 6.10 Å². The predicted octanol–water partition coefficient (Wildman–Crippen LogP) is 2.15. The maximum absolute atomic E-state index is 12.2. The number of aliphatic hydroxyl groups excluding tert-OH is 1. The van der Waals surface area contributed by atoms with E-state index >= 15 is 0 Å². The molecule has 3 heteroatoms. The number of nitrogens with zero attached hydrogens (tertiary/aromatic N) is 1. The summed E-state index contributed by atoms with van der Waals surface area (Å²) in [7, 11) is 1.76. The first-order valence-corrected chi connectivity index (χ1v) is 6.49. The van der Waals surface area contributed by atoms with Crippen molar-refractivity contribution in [2.45, 2.75) is 32.8 Å². The van der Waals surface area contributed by atoms with Crippen LogP contribution in [-0.4, -0.2) is 35.6 Å². The average Bonchev–Trinajstić information content (AvgIpc) is 3.10. The van der Waals surface area contributed by atoms with Crippen LogP contribution in [-0.2, 0) is 0 Å². The first kappa shape index (κ1) is 13.1. The van der Waals surface area contributed by atoms with Crippen molar-refractivity contribution in [2.24, 2.45) is 5.92 Å². The van der Waals surface area contributed by atoms with Gasteiger partial charge in [0.2, 0.25) is 0 Å². The van der Waals surface area contributed by atoms with Crippen molar-refractivity contribution in [3.8, 4) is 0 Å². The number of aryl methyl sites for hydroxylation is 2. The number of carbonyl (C=O) groups excluding carboxylic acids is 1. The molecule has 3 nitrogen and oxygen atoms in total. The van der Waals surface area contributed by atoms with Gasteiger partial charge in [0.1, 0.15) is 0 Å². The Morgan fingerprint density at radius 2 is 1.89 bits per heavy atom. The van der Waals surface area contributed by atoms with Crippen molar-refractivity contribution < 1.29 is 9.90 Å². The molecule has 0 heterocycles. The minimum Gasteiger partial charge on any atom is -0.391 e. The zero-order valence-corrected chi connectivity index (χ0v) is 11.3. The molecular weight excluding hydrogens is 226 g/mol. The summed E-state index contributed by atoms with van der Waals surface area (Å²) in [6.07, 6.45) is 1.81. The van der Waals surface area contributed by atoms with E-state index in [1.54, 1.807) is 11.9 Å². The Bertz CT molecular complexity index is 432. The molecule has 0 bridgehead atoms. The standard InChI is InChI=1S/C15H21NO2/c1-10-6-11(2)8-13(7-10)15(18)16(3)9-14(17)12-4-5-12/h6-8,12,14,17H,4-5,9H2,1-3H3/t14-/m0/s1. The Hall–Kier alpha value is -1.35. The summed E-state index contributed by atoms with van der Waals surface area (Å²) in [5.74, 6) is 0.390. The smallest absolute Gasteiger partial charge is 0.253 e. The van der Waals surface area contributed by atoms with Gasteiger partial charge in [-0.15, -0.1) is 0 Å². The zero-order chi connectivity index (χ0) is 13.3. The second kappa shape index (κ2) is 5.11. The Kier molecular flexibility index (Phi) is 3.71. The van der Waals surface area contributed by atoms with E-state index in [0.29, 0.717) is 18.0 Å². The van der Waals surface area contributed by atoms with Crippen molar-refractivity contribution >= 4 is 5.91 Å². The predicted molar refractivity (Wildman–Crippen MR) is 71.6 cm³/mol. The van der Waals surface area contributed by atoms with Crippen molar-refractivity contribution in [1.29, 1.82) is 0 Å². The summed E-state index contributed by atoms with van der Waals surface area (Å²) in [4.78, 5) is 13.9. The number of carbonyl (C=O) groups is 1. The summed E-state index contributed by atoms with van der Waals surface area (Å²) in [6.45, 7) is 4.40. The monoisotopic (exact) mass is 247 g/mol. The van der Waals surface area contributed by atoms with Crippen LogP contribution in [0.2, 0.25) is 0 Å². The van der Waals surface area contributed by atoms with Crippen molar-refractivity contribution in [3.05, 3.63) is 34.9 Å². The van der Waals surface area contributed by atoms with Crippen LogP contribution in [0.15, 0.2) is 18.2 Å². The van der Waals surface area contributed by atoms with E-state index < -0.39 is 0 Å². The van der Waals surface area contributed by atoms with Crippen molar-refractivity contribution in [2.75, 3.05) is 13.6 Å². The number of hydrogen-bond donors (Lipinski definition) is 1. The van der Waals surface area contributed by atoms with Gasteiger partial charge in [0.25, 0.3) is 5.91 Å². The number of benzene rings is 1. The maximum atomic E-state index is 12.2. The van der Waals surface area contributed by atoms with Crippen LogP contribution >= 0.6 is 0 Å². The van der Waals surface area contributed by atoms with Crippen LogP contribution in [0.5, 0.6) is 0 Å². The Morgan fingerprint density at radius 3 is 2.39 bits per heavy atom. The summed E-state index contributed by atoms with van der Waals surface area (Å²) < 4.78 is 0. The van der Waals surface area contributed by atoms with E-state index in [-0.39, 0.29) is 12.0 Å². The topological polar surface area (TPSA) is 40.5 Å². The number of likely N-dealkylation sites (N-methyl/N-ethyl adjacent to an activating group) is 1. The Morgan fingerprint density at radius 1 is 1.33 bits per heavy atom. The van der Waals surface area contributed by atoms with Crippen LogP contribution < -0.4 is 0 Å². The third kappa shape index (κ3) is 3.10. The van der Waals surface area contributed by atoms with Crippen LogP contribution in [0.25, 0.3) is 0 Å². The molecular formula is C15H21NO2. The molecule has 2 rings (SSSR count). The quantitative estimate of drug-likeness (QED) is 0.885. The van der Waals surface area contributed by atoms with Crippen molar-refractivity contribution in [1.82, 2.24) is 4.90 Å². The summed E-state index contributed by atoms with van der Waals surface area (Å²) in [5.41, 5.74) is 2.89. The first-order chi connectivity index (χ1) is 8.47. The fourth-order valence-electron chi connectivity index (χ4n) is 2.31. The molecule has 1 aliphatic carbocycles. The van der Waals surface area contributed by atoms with Gasteiger partial charge in [-0.05, 0) is 44.7 Å². The second-order valence-corrected chi connectivity index (χ2v) is 5.47. The molecule has 0 radical (unpaired) electrons. The molecule has 98 valence electrons. The van der Waals surface area contributed by atoms with Gasteiger partial charge >= 0.3 is 0 Å². The minimum atomic E-state index is -0.371. The lowest BCUT2D eigenvalue weighted by Gasteiger charge is -2.21. The van der Waals surface area contributed by atoms with E-state index in [1.807, 2.05) is 26.0 Å². The summed E-state index contributed by atoms with van der Waals surface area (Å²) in [5, 5.41) is 9.87. The highest BCUT2D eigenvalue weighted by Crippen LogP contribution is 2.32. The van der Waals surface area contributed by atoms with Gasteiger partial charge in [-0.3, -0.25) is 4.79 Å². The number of amides is 1. The van der Waals surface area contributed by atoms with Crippen molar-refractivity contribution in [3.63, 3.8) is 0 Å². The van der Waals surface area contributed by atoms with Crippen LogP contribution in [0.1, 0.15) is 34.3 Å². The Labute approximate surface area is 108 Å². The zero-order valence-electron chi connectivity index (χ0n) is 11.3. The molecule has 1 aromatic carbocycles. The molecule has 1 aromatic rings. The molecule has 1 amide bonds. The molecule has 1 saturated carbocycles. The van der Waals surface area contributed by atoms with Gasteiger partial charge < -0.3 is 10.0 Å². The molecule has 1 aliphatic rings. The Balaban J connectivity index is 2.04. The molecule has 1 atom stereocenters. The number of hydrogen-bond acceptors (Lipinski definition) is 2. The molecule has 1 N–H and O–H groups in total. The highest BCUT2D eigenvalue weighted by Gasteiger charge is 2.31. The van der Waals surface area contributed by atoms with E-state index in [9.17, 15) is 9.90 Å². The SMILES string of the molecule is Cc1cc(C)cc(C(=O)N(C)C[C@H](O)C2CC2)c1. The largest absolute Gasteiger partial charge is 0.391 e. The molecule has 0 unspecified atom stereocenters. The maximum Gasteiger partial charge on any atom is 0.253 e. The molecule has 0 aliphatic heterocycles. The van der Waals surface area contributed by atoms with Gasteiger partial charge in [-0.2, -0.15) is 0 Å². The highest BCUT2D eigenvalue weighted by atomic mass is 16.3. The molecule has 18 heavy (non-hydrogen) atoms. The van der Waals surface area contributed by atoms with Crippen LogP contribution in [0.3, 0.4) is 0 Å². The number of rotatable bonds is 4. The molecule has 0 saturated heterocycles. The highest BCUT2D eigenvalue weighted by molar-refractivity contribution is 5.94. The normalized spacial score (nSPS) is 16.4. The van der Waals surface area contributed by atoms with E-state index in [2.05, 4.69) is 6.07 Å². The lowest BCUT2D eigenvalue weighted by atomic mass is 10.1. The van der Waals surface area contributed by atoms with Gasteiger partial charge in [0, 0.05) is 19.2 Å². The fourth-order valence-corrected chi connectivity index (χ4v) is 2.31.